The quantitative estimate of drug-likeness (QED) is 0.759. The van der Waals surface area contributed by atoms with Gasteiger partial charge in [0.15, 0.2) is 0 Å². The molecule has 1 aromatic heterocycles. The van der Waals surface area contributed by atoms with Crippen LogP contribution in [0.15, 0.2) is 12.4 Å². The number of ether oxygens (including phenoxy) is 1. The number of methoxy groups -OCH3 is 1. The van der Waals surface area contributed by atoms with Crippen LogP contribution in [0.3, 0.4) is 0 Å². The molecule has 88 valence electrons. The van der Waals surface area contributed by atoms with Crippen LogP contribution >= 0.6 is 11.6 Å². The highest BCUT2D eigenvalue weighted by molar-refractivity contribution is 6.29. The monoisotopic (exact) mass is 241 g/mol. The summed E-state index contributed by atoms with van der Waals surface area (Å²) in [5.74, 6) is 1.51. The second kappa shape index (κ2) is 5.46. The maximum absolute atomic E-state index is 5.86. The molecule has 0 aliphatic carbocycles. The van der Waals surface area contributed by atoms with Gasteiger partial charge in [-0.05, 0) is 18.8 Å². The summed E-state index contributed by atoms with van der Waals surface area (Å²) in [6, 6.07) is 1.82. The van der Waals surface area contributed by atoms with Gasteiger partial charge in [-0.3, -0.25) is 0 Å². The molecule has 0 radical (unpaired) electrons. The van der Waals surface area contributed by atoms with Crippen molar-refractivity contribution in [3.05, 3.63) is 17.5 Å². The number of nitrogens with zero attached hydrogens (tertiary/aromatic N) is 3. The van der Waals surface area contributed by atoms with E-state index in [2.05, 4.69) is 14.9 Å². The van der Waals surface area contributed by atoms with Crippen molar-refractivity contribution >= 4 is 17.4 Å². The third kappa shape index (κ3) is 2.83. The molecule has 16 heavy (non-hydrogen) atoms. The van der Waals surface area contributed by atoms with Gasteiger partial charge in [0.2, 0.25) is 0 Å². The van der Waals surface area contributed by atoms with Crippen molar-refractivity contribution in [3.63, 3.8) is 0 Å². The molecule has 5 heteroatoms. The third-order valence-electron chi connectivity index (χ3n) is 2.86. The fourth-order valence-electron chi connectivity index (χ4n) is 2.14. The Morgan fingerprint density at radius 2 is 2.44 bits per heavy atom. The molecule has 2 rings (SSSR count). The van der Waals surface area contributed by atoms with Gasteiger partial charge < -0.3 is 9.64 Å². The third-order valence-corrected chi connectivity index (χ3v) is 3.07. The van der Waals surface area contributed by atoms with E-state index in [1.54, 1.807) is 7.11 Å². The molecule has 1 aliphatic heterocycles. The fraction of sp³-hybridized carbons (Fsp3) is 0.636. The molecule has 4 nitrogen and oxygen atoms in total. The van der Waals surface area contributed by atoms with E-state index in [0.717, 1.165) is 25.5 Å². The van der Waals surface area contributed by atoms with Gasteiger partial charge in [-0.2, -0.15) is 0 Å². The van der Waals surface area contributed by atoms with Crippen LogP contribution in [0.25, 0.3) is 0 Å². The summed E-state index contributed by atoms with van der Waals surface area (Å²) in [5.41, 5.74) is 0. The molecular formula is C11H16ClN3O. The molecule has 1 saturated heterocycles. The molecule has 0 amide bonds. The van der Waals surface area contributed by atoms with Gasteiger partial charge in [-0.25, -0.2) is 9.97 Å². The van der Waals surface area contributed by atoms with E-state index in [1.165, 1.54) is 19.2 Å². The number of halogens is 1. The van der Waals surface area contributed by atoms with Gasteiger partial charge in [-0.15, -0.1) is 0 Å². The van der Waals surface area contributed by atoms with Crippen molar-refractivity contribution < 1.29 is 4.74 Å². The van der Waals surface area contributed by atoms with Crippen molar-refractivity contribution in [3.8, 4) is 0 Å². The minimum absolute atomic E-state index is 0.499. The average Bonchev–Trinajstić information content (AvgIpc) is 2.30. The van der Waals surface area contributed by atoms with Crippen molar-refractivity contribution in [2.24, 2.45) is 5.92 Å². The highest BCUT2D eigenvalue weighted by atomic mass is 35.5. The summed E-state index contributed by atoms with van der Waals surface area (Å²) in [5, 5.41) is 0.499. The van der Waals surface area contributed by atoms with Gasteiger partial charge in [0.25, 0.3) is 0 Å². The number of anilines is 1. The van der Waals surface area contributed by atoms with Crippen molar-refractivity contribution in [1.29, 1.82) is 0 Å². The first-order chi connectivity index (χ1) is 7.79. The molecule has 1 fully saturated rings. The van der Waals surface area contributed by atoms with E-state index < -0.39 is 0 Å². The molecule has 1 aliphatic rings. The van der Waals surface area contributed by atoms with E-state index >= 15 is 0 Å². The Morgan fingerprint density at radius 3 is 3.19 bits per heavy atom. The van der Waals surface area contributed by atoms with Crippen molar-refractivity contribution in [1.82, 2.24) is 9.97 Å². The summed E-state index contributed by atoms with van der Waals surface area (Å²) >= 11 is 5.86. The van der Waals surface area contributed by atoms with E-state index in [1.807, 2.05) is 6.07 Å². The Morgan fingerprint density at radius 1 is 1.56 bits per heavy atom. The SMILES string of the molecule is COC[C@H]1CCCN(c2cc(Cl)ncn2)C1. The van der Waals surface area contributed by atoms with Crippen LogP contribution in [0.5, 0.6) is 0 Å². The van der Waals surface area contributed by atoms with Crippen LogP contribution in [-0.4, -0.2) is 36.8 Å². The Kier molecular flexibility index (Phi) is 3.96. The Balaban J connectivity index is 2.03. The number of aromatic nitrogens is 2. The first-order valence-electron chi connectivity index (χ1n) is 5.51. The summed E-state index contributed by atoms with van der Waals surface area (Å²) in [7, 11) is 1.75. The minimum atomic E-state index is 0.499. The smallest absolute Gasteiger partial charge is 0.134 e. The summed E-state index contributed by atoms with van der Waals surface area (Å²) in [6.45, 7) is 2.84. The van der Waals surface area contributed by atoms with Gasteiger partial charge in [0.1, 0.15) is 17.3 Å². The van der Waals surface area contributed by atoms with Crippen LogP contribution in [0.1, 0.15) is 12.8 Å². The van der Waals surface area contributed by atoms with Crippen molar-refractivity contribution in [2.75, 3.05) is 31.7 Å². The topological polar surface area (TPSA) is 38.2 Å². The standard InChI is InChI=1S/C11H16ClN3O/c1-16-7-9-3-2-4-15(6-9)11-5-10(12)13-8-14-11/h5,8-9H,2-4,6-7H2,1H3/t9-/m0/s1. The lowest BCUT2D eigenvalue weighted by atomic mass is 9.99. The second-order valence-corrected chi connectivity index (χ2v) is 4.50. The van der Waals surface area contributed by atoms with Gasteiger partial charge in [0, 0.05) is 26.3 Å². The predicted octanol–water partition coefficient (Wildman–Crippen LogP) is 1.99. The maximum atomic E-state index is 5.86. The number of hydrogen-bond acceptors (Lipinski definition) is 4. The normalized spacial score (nSPS) is 21.1. The van der Waals surface area contributed by atoms with Crippen molar-refractivity contribution in [2.45, 2.75) is 12.8 Å². The van der Waals surface area contributed by atoms with E-state index in [4.69, 9.17) is 16.3 Å². The van der Waals surface area contributed by atoms with Crippen LogP contribution in [0.2, 0.25) is 5.15 Å². The van der Waals surface area contributed by atoms with Gasteiger partial charge in [0.05, 0.1) is 6.61 Å². The number of hydrogen-bond donors (Lipinski definition) is 0. The Bertz CT molecular complexity index is 346. The van der Waals surface area contributed by atoms with Crippen LogP contribution < -0.4 is 4.90 Å². The first-order valence-corrected chi connectivity index (χ1v) is 5.89. The van der Waals surface area contributed by atoms with Gasteiger partial charge in [-0.1, -0.05) is 11.6 Å². The highest BCUT2D eigenvalue weighted by Gasteiger charge is 2.20. The highest BCUT2D eigenvalue weighted by Crippen LogP contribution is 2.22. The zero-order chi connectivity index (χ0) is 11.4. The fourth-order valence-corrected chi connectivity index (χ4v) is 2.28. The lowest BCUT2D eigenvalue weighted by molar-refractivity contribution is 0.143. The van der Waals surface area contributed by atoms with E-state index in [-0.39, 0.29) is 0 Å². The largest absolute Gasteiger partial charge is 0.384 e. The Labute approximate surface area is 101 Å². The van der Waals surface area contributed by atoms with Crippen LogP contribution in [-0.2, 0) is 4.74 Å². The molecule has 0 unspecified atom stereocenters. The van der Waals surface area contributed by atoms with E-state index in [0.29, 0.717) is 11.1 Å². The van der Waals surface area contributed by atoms with Gasteiger partial charge >= 0.3 is 0 Å². The first kappa shape index (κ1) is 11.6. The van der Waals surface area contributed by atoms with E-state index in [9.17, 15) is 0 Å². The molecular weight excluding hydrogens is 226 g/mol. The maximum Gasteiger partial charge on any atom is 0.134 e. The molecule has 0 aromatic carbocycles. The Hall–Kier alpha value is -0.870. The van der Waals surface area contributed by atoms with Crippen LogP contribution in [0, 0.1) is 5.92 Å². The second-order valence-electron chi connectivity index (χ2n) is 4.11. The molecule has 0 saturated carbocycles. The lowest BCUT2D eigenvalue weighted by Crippen LogP contribution is -2.37. The molecule has 1 aromatic rings. The molecule has 0 N–H and O–H groups in total. The zero-order valence-corrected chi connectivity index (χ0v) is 10.2. The zero-order valence-electron chi connectivity index (χ0n) is 9.40. The van der Waals surface area contributed by atoms with Crippen LogP contribution in [0.4, 0.5) is 5.82 Å². The molecule has 2 heterocycles. The number of rotatable bonds is 3. The summed E-state index contributed by atoms with van der Waals surface area (Å²) in [6.07, 6.45) is 3.91. The predicted molar refractivity (Wildman–Crippen MR) is 63.9 cm³/mol. The molecule has 1 atom stereocenters. The summed E-state index contributed by atoms with van der Waals surface area (Å²) < 4.78 is 5.20. The number of piperidine rings is 1. The molecule has 0 spiro atoms. The average molecular weight is 242 g/mol. The lowest BCUT2D eigenvalue weighted by Gasteiger charge is -2.33. The molecule has 0 bridgehead atoms. The minimum Gasteiger partial charge on any atom is -0.384 e. The summed E-state index contributed by atoms with van der Waals surface area (Å²) in [4.78, 5) is 10.4.